The molecule has 0 bridgehead atoms. The molecule has 0 radical (unpaired) electrons. The van der Waals surface area contributed by atoms with Crippen LogP contribution >= 0.6 is 0 Å². The second kappa shape index (κ2) is 6.95. The summed E-state index contributed by atoms with van der Waals surface area (Å²) in [6, 6.07) is 8.98. The Kier molecular flexibility index (Phi) is 5.00. The Morgan fingerprint density at radius 2 is 2.14 bits per heavy atom. The van der Waals surface area contributed by atoms with E-state index in [0.29, 0.717) is 18.8 Å². The van der Waals surface area contributed by atoms with E-state index in [9.17, 15) is 4.79 Å². The Bertz CT molecular complexity index is 592. The Hall–Kier alpha value is -2.27. The van der Waals surface area contributed by atoms with Crippen LogP contribution in [0.15, 0.2) is 41.0 Å². The largest absolute Gasteiger partial charge is 0.496 e. The third-order valence-corrected chi connectivity index (χ3v) is 3.31. The highest BCUT2D eigenvalue weighted by atomic mass is 16.5. The molecular formula is C16H19NO4. The summed E-state index contributed by atoms with van der Waals surface area (Å²) in [6.07, 6.45) is 1.66. The summed E-state index contributed by atoms with van der Waals surface area (Å²) < 4.78 is 10.5. The molecule has 1 heterocycles. The molecule has 21 heavy (non-hydrogen) atoms. The van der Waals surface area contributed by atoms with Gasteiger partial charge in [-0.15, -0.1) is 0 Å². The fourth-order valence-electron chi connectivity index (χ4n) is 2.17. The fourth-order valence-corrected chi connectivity index (χ4v) is 2.17. The Morgan fingerprint density at radius 1 is 1.33 bits per heavy atom. The summed E-state index contributed by atoms with van der Waals surface area (Å²) in [6.45, 7) is 4.36. The first-order chi connectivity index (χ1) is 10.1. The number of carboxylic acids is 1. The topological polar surface area (TPSA) is 62.9 Å². The van der Waals surface area contributed by atoms with Gasteiger partial charge in [0.2, 0.25) is 0 Å². The minimum atomic E-state index is -0.985. The van der Waals surface area contributed by atoms with Crippen LogP contribution in [0, 0.1) is 0 Å². The zero-order valence-corrected chi connectivity index (χ0v) is 12.2. The van der Waals surface area contributed by atoms with Crippen molar-refractivity contribution in [2.45, 2.75) is 20.0 Å². The SMILES string of the molecule is CCN(Cc1ccc(C(=O)O)c(OC)c1)Cc1ccco1. The Labute approximate surface area is 123 Å². The molecule has 0 spiro atoms. The summed E-state index contributed by atoms with van der Waals surface area (Å²) >= 11 is 0. The highest BCUT2D eigenvalue weighted by Gasteiger charge is 2.13. The molecule has 112 valence electrons. The lowest BCUT2D eigenvalue weighted by Crippen LogP contribution is -2.22. The van der Waals surface area contributed by atoms with E-state index in [-0.39, 0.29) is 5.56 Å². The van der Waals surface area contributed by atoms with Crippen LogP contribution in [0.1, 0.15) is 28.6 Å². The third kappa shape index (κ3) is 3.86. The quantitative estimate of drug-likeness (QED) is 0.849. The summed E-state index contributed by atoms with van der Waals surface area (Å²) in [5.41, 5.74) is 1.18. The number of benzene rings is 1. The van der Waals surface area contributed by atoms with E-state index in [0.717, 1.165) is 17.9 Å². The number of carbonyl (C=O) groups is 1. The van der Waals surface area contributed by atoms with Crippen LogP contribution in [0.2, 0.25) is 0 Å². The maximum atomic E-state index is 11.1. The Morgan fingerprint density at radius 3 is 2.71 bits per heavy atom. The van der Waals surface area contributed by atoms with E-state index >= 15 is 0 Å². The van der Waals surface area contributed by atoms with Crippen molar-refractivity contribution < 1.29 is 19.1 Å². The number of nitrogens with zero attached hydrogens (tertiary/aromatic N) is 1. The molecule has 0 aliphatic carbocycles. The molecule has 0 fully saturated rings. The van der Waals surface area contributed by atoms with Crippen LogP contribution in [-0.2, 0) is 13.1 Å². The van der Waals surface area contributed by atoms with E-state index < -0.39 is 5.97 Å². The van der Waals surface area contributed by atoms with Crippen LogP contribution in [0.4, 0.5) is 0 Å². The van der Waals surface area contributed by atoms with Crippen molar-refractivity contribution in [3.05, 3.63) is 53.5 Å². The molecule has 5 nitrogen and oxygen atoms in total. The van der Waals surface area contributed by atoms with Crippen LogP contribution in [0.25, 0.3) is 0 Å². The monoisotopic (exact) mass is 289 g/mol. The van der Waals surface area contributed by atoms with Crippen molar-refractivity contribution >= 4 is 5.97 Å². The van der Waals surface area contributed by atoms with Gasteiger partial charge in [-0.3, -0.25) is 4.90 Å². The van der Waals surface area contributed by atoms with E-state index in [4.69, 9.17) is 14.3 Å². The van der Waals surface area contributed by atoms with E-state index in [2.05, 4.69) is 11.8 Å². The van der Waals surface area contributed by atoms with Crippen molar-refractivity contribution in [2.75, 3.05) is 13.7 Å². The zero-order valence-electron chi connectivity index (χ0n) is 12.2. The molecule has 1 aromatic heterocycles. The normalized spacial score (nSPS) is 10.8. The standard InChI is InChI=1S/C16H19NO4/c1-3-17(11-13-5-4-8-21-13)10-12-6-7-14(16(18)19)15(9-12)20-2/h4-9H,3,10-11H2,1-2H3,(H,18,19). The average Bonchev–Trinajstić information content (AvgIpc) is 2.99. The number of aromatic carboxylic acids is 1. The minimum Gasteiger partial charge on any atom is -0.496 e. The molecule has 0 aliphatic rings. The smallest absolute Gasteiger partial charge is 0.339 e. The van der Waals surface area contributed by atoms with E-state index in [1.54, 1.807) is 18.4 Å². The van der Waals surface area contributed by atoms with Gasteiger partial charge in [-0.1, -0.05) is 13.0 Å². The molecule has 0 amide bonds. The van der Waals surface area contributed by atoms with Gasteiger partial charge in [0.15, 0.2) is 0 Å². The number of hydrogen-bond donors (Lipinski definition) is 1. The van der Waals surface area contributed by atoms with Crippen molar-refractivity contribution in [1.82, 2.24) is 4.90 Å². The zero-order chi connectivity index (χ0) is 15.2. The molecule has 2 aromatic rings. The van der Waals surface area contributed by atoms with Gasteiger partial charge in [0.1, 0.15) is 17.1 Å². The molecule has 2 rings (SSSR count). The molecule has 0 aliphatic heterocycles. The highest BCUT2D eigenvalue weighted by Crippen LogP contribution is 2.21. The second-order valence-electron chi connectivity index (χ2n) is 4.72. The fraction of sp³-hybridized carbons (Fsp3) is 0.312. The number of carboxylic acid groups (broad SMARTS) is 1. The number of hydrogen-bond acceptors (Lipinski definition) is 4. The predicted molar refractivity (Wildman–Crippen MR) is 78.4 cm³/mol. The van der Waals surface area contributed by atoms with Crippen LogP contribution in [0.3, 0.4) is 0 Å². The third-order valence-electron chi connectivity index (χ3n) is 3.31. The number of methoxy groups -OCH3 is 1. The van der Waals surface area contributed by atoms with Crippen molar-refractivity contribution in [2.24, 2.45) is 0 Å². The molecule has 1 N–H and O–H groups in total. The summed E-state index contributed by atoms with van der Waals surface area (Å²) in [7, 11) is 1.48. The Balaban J connectivity index is 2.12. The van der Waals surface area contributed by atoms with Gasteiger partial charge in [-0.2, -0.15) is 0 Å². The van der Waals surface area contributed by atoms with Crippen LogP contribution in [0.5, 0.6) is 5.75 Å². The molecular weight excluding hydrogens is 270 g/mol. The predicted octanol–water partition coefficient (Wildman–Crippen LogP) is 3.01. The lowest BCUT2D eigenvalue weighted by Gasteiger charge is -2.19. The molecule has 1 aromatic carbocycles. The maximum absolute atomic E-state index is 11.1. The average molecular weight is 289 g/mol. The molecule has 5 heteroatoms. The van der Waals surface area contributed by atoms with Gasteiger partial charge >= 0.3 is 5.97 Å². The summed E-state index contributed by atoms with van der Waals surface area (Å²) in [4.78, 5) is 13.3. The minimum absolute atomic E-state index is 0.176. The van der Waals surface area contributed by atoms with Gasteiger partial charge in [0.25, 0.3) is 0 Å². The van der Waals surface area contributed by atoms with Gasteiger partial charge < -0.3 is 14.3 Å². The first-order valence-electron chi connectivity index (χ1n) is 6.79. The molecule has 0 saturated heterocycles. The number of rotatable bonds is 7. The van der Waals surface area contributed by atoms with Gasteiger partial charge in [-0.05, 0) is 36.4 Å². The number of ether oxygens (including phenoxy) is 1. The number of furan rings is 1. The van der Waals surface area contributed by atoms with Gasteiger partial charge in [-0.25, -0.2) is 4.79 Å². The summed E-state index contributed by atoms with van der Waals surface area (Å²) in [5, 5.41) is 9.08. The lowest BCUT2D eigenvalue weighted by molar-refractivity contribution is 0.0693. The van der Waals surface area contributed by atoms with E-state index in [1.165, 1.54) is 7.11 Å². The van der Waals surface area contributed by atoms with Crippen LogP contribution in [-0.4, -0.2) is 29.6 Å². The van der Waals surface area contributed by atoms with Gasteiger partial charge in [0.05, 0.1) is 19.9 Å². The van der Waals surface area contributed by atoms with Gasteiger partial charge in [0, 0.05) is 6.54 Å². The highest BCUT2D eigenvalue weighted by molar-refractivity contribution is 5.90. The molecule has 0 saturated carbocycles. The molecule has 0 unspecified atom stereocenters. The van der Waals surface area contributed by atoms with Crippen molar-refractivity contribution in [3.8, 4) is 5.75 Å². The van der Waals surface area contributed by atoms with E-state index in [1.807, 2.05) is 18.2 Å². The lowest BCUT2D eigenvalue weighted by atomic mass is 10.1. The molecule has 0 atom stereocenters. The maximum Gasteiger partial charge on any atom is 0.339 e. The first-order valence-corrected chi connectivity index (χ1v) is 6.79. The van der Waals surface area contributed by atoms with Crippen LogP contribution < -0.4 is 4.74 Å². The summed E-state index contributed by atoms with van der Waals surface area (Å²) in [5.74, 6) is 0.307. The first kappa shape index (κ1) is 15.1. The van der Waals surface area contributed by atoms with Crippen molar-refractivity contribution in [1.29, 1.82) is 0 Å². The second-order valence-corrected chi connectivity index (χ2v) is 4.72. The van der Waals surface area contributed by atoms with Crippen molar-refractivity contribution in [3.63, 3.8) is 0 Å².